The lowest BCUT2D eigenvalue weighted by molar-refractivity contribution is 0.534. The SMILES string of the molecule is Cc1cccn2nc(N(CC(C)C)CC3CCCN3)nc12. The van der Waals surface area contributed by atoms with Crippen LogP contribution in [0, 0.1) is 12.8 Å². The zero-order valence-corrected chi connectivity index (χ0v) is 13.2. The third kappa shape index (κ3) is 3.18. The van der Waals surface area contributed by atoms with Crippen molar-refractivity contribution in [2.45, 2.75) is 39.7 Å². The highest BCUT2D eigenvalue weighted by Crippen LogP contribution is 2.17. The van der Waals surface area contributed by atoms with Crippen molar-refractivity contribution < 1.29 is 0 Å². The Bertz CT molecular complexity index is 598. The topological polar surface area (TPSA) is 45.5 Å². The van der Waals surface area contributed by atoms with Gasteiger partial charge in [-0.05, 0) is 43.9 Å². The van der Waals surface area contributed by atoms with Gasteiger partial charge < -0.3 is 10.2 Å². The van der Waals surface area contributed by atoms with E-state index in [-0.39, 0.29) is 0 Å². The number of aryl methyl sites for hydroxylation is 1. The lowest BCUT2D eigenvalue weighted by atomic mass is 10.1. The van der Waals surface area contributed by atoms with Crippen molar-refractivity contribution in [2.24, 2.45) is 5.92 Å². The Morgan fingerprint density at radius 3 is 3.00 bits per heavy atom. The Hall–Kier alpha value is -1.62. The highest BCUT2D eigenvalue weighted by Gasteiger charge is 2.21. The monoisotopic (exact) mass is 287 g/mol. The van der Waals surface area contributed by atoms with E-state index >= 15 is 0 Å². The number of nitrogens with zero attached hydrogens (tertiary/aromatic N) is 4. The molecule has 0 aliphatic carbocycles. The van der Waals surface area contributed by atoms with Crippen molar-refractivity contribution in [1.82, 2.24) is 19.9 Å². The quantitative estimate of drug-likeness (QED) is 0.916. The van der Waals surface area contributed by atoms with Crippen LogP contribution in [0.5, 0.6) is 0 Å². The van der Waals surface area contributed by atoms with Crippen LogP contribution in [0.1, 0.15) is 32.3 Å². The molecule has 1 atom stereocenters. The van der Waals surface area contributed by atoms with E-state index in [1.54, 1.807) is 0 Å². The maximum absolute atomic E-state index is 4.76. The number of fused-ring (bicyclic) bond motifs is 1. The second kappa shape index (κ2) is 6.02. The van der Waals surface area contributed by atoms with Gasteiger partial charge in [-0.25, -0.2) is 4.52 Å². The third-order valence-corrected chi connectivity index (χ3v) is 4.02. The van der Waals surface area contributed by atoms with Gasteiger partial charge in [-0.15, -0.1) is 5.10 Å². The summed E-state index contributed by atoms with van der Waals surface area (Å²) in [5.41, 5.74) is 2.13. The first-order chi connectivity index (χ1) is 10.1. The molecule has 0 amide bonds. The fraction of sp³-hybridized carbons (Fsp3) is 0.625. The predicted molar refractivity (Wildman–Crippen MR) is 85.8 cm³/mol. The first kappa shape index (κ1) is 14.3. The van der Waals surface area contributed by atoms with Crippen LogP contribution >= 0.6 is 0 Å². The van der Waals surface area contributed by atoms with E-state index in [0.29, 0.717) is 12.0 Å². The summed E-state index contributed by atoms with van der Waals surface area (Å²) in [5, 5.41) is 8.24. The van der Waals surface area contributed by atoms with Crippen molar-refractivity contribution in [3.05, 3.63) is 23.9 Å². The zero-order chi connectivity index (χ0) is 14.8. The maximum atomic E-state index is 4.76. The Kier molecular flexibility index (Phi) is 4.10. The smallest absolute Gasteiger partial charge is 0.245 e. The fourth-order valence-electron chi connectivity index (χ4n) is 3.02. The molecule has 0 spiro atoms. The minimum Gasteiger partial charge on any atom is -0.338 e. The molecule has 21 heavy (non-hydrogen) atoms. The minimum absolute atomic E-state index is 0.566. The number of aromatic nitrogens is 3. The molecule has 1 N–H and O–H groups in total. The Labute approximate surface area is 126 Å². The van der Waals surface area contributed by atoms with Crippen molar-refractivity contribution in [2.75, 3.05) is 24.5 Å². The van der Waals surface area contributed by atoms with E-state index in [9.17, 15) is 0 Å². The Balaban J connectivity index is 1.87. The number of nitrogens with one attached hydrogen (secondary N) is 1. The highest BCUT2D eigenvalue weighted by atomic mass is 15.4. The minimum atomic E-state index is 0.566. The Morgan fingerprint density at radius 1 is 1.48 bits per heavy atom. The second-order valence-corrected chi connectivity index (χ2v) is 6.46. The van der Waals surface area contributed by atoms with Gasteiger partial charge in [0.15, 0.2) is 5.65 Å². The maximum Gasteiger partial charge on any atom is 0.245 e. The van der Waals surface area contributed by atoms with Gasteiger partial charge in [0.25, 0.3) is 0 Å². The Morgan fingerprint density at radius 2 is 2.33 bits per heavy atom. The van der Waals surface area contributed by atoms with Crippen molar-refractivity contribution in [1.29, 1.82) is 0 Å². The van der Waals surface area contributed by atoms with Gasteiger partial charge >= 0.3 is 0 Å². The molecule has 2 aromatic rings. The van der Waals surface area contributed by atoms with E-state index in [4.69, 9.17) is 4.98 Å². The van der Waals surface area contributed by atoms with Crippen LogP contribution in [0.2, 0.25) is 0 Å². The fourth-order valence-corrected chi connectivity index (χ4v) is 3.02. The summed E-state index contributed by atoms with van der Waals surface area (Å²) in [6, 6.07) is 4.67. The van der Waals surface area contributed by atoms with Gasteiger partial charge in [0.05, 0.1) is 0 Å². The van der Waals surface area contributed by atoms with Gasteiger partial charge in [0, 0.05) is 25.3 Å². The van der Waals surface area contributed by atoms with Crippen molar-refractivity contribution in [3.8, 4) is 0 Å². The number of hydrogen-bond donors (Lipinski definition) is 1. The van der Waals surface area contributed by atoms with Crippen LogP contribution in [-0.4, -0.2) is 40.3 Å². The summed E-state index contributed by atoms with van der Waals surface area (Å²) in [6.45, 7) is 9.70. The van der Waals surface area contributed by atoms with E-state index in [1.807, 2.05) is 16.8 Å². The van der Waals surface area contributed by atoms with Crippen LogP contribution in [0.15, 0.2) is 18.3 Å². The van der Waals surface area contributed by atoms with E-state index in [0.717, 1.165) is 31.2 Å². The van der Waals surface area contributed by atoms with Gasteiger partial charge in [-0.2, -0.15) is 4.98 Å². The molecular formula is C16H25N5. The largest absolute Gasteiger partial charge is 0.338 e. The van der Waals surface area contributed by atoms with Gasteiger partial charge in [-0.3, -0.25) is 0 Å². The summed E-state index contributed by atoms with van der Waals surface area (Å²) in [6.07, 6.45) is 4.50. The standard InChI is InChI=1S/C16H25N5/c1-12(2)10-20(11-14-7-4-8-17-14)16-18-15-13(3)6-5-9-21(15)19-16/h5-6,9,12,14,17H,4,7-8,10-11H2,1-3H3. The molecule has 2 aromatic heterocycles. The number of pyridine rings is 1. The normalized spacial score (nSPS) is 18.8. The summed E-state index contributed by atoms with van der Waals surface area (Å²) < 4.78 is 1.89. The lowest BCUT2D eigenvalue weighted by Crippen LogP contribution is -2.40. The van der Waals surface area contributed by atoms with Crippen LogP contribution in [-0.2, 0) is 0 Å². The molecule has 0 radical (unpaired) electrons. The number of anilines is 1. The molecule has 3 rings (SSSR count). The summed E-state index contributed by atoms with van der Waals surface area (Å²) >= 11 is 0. The zero-order valence-electron chi connectivity index (χ0n) is 13.2. The molecule has 1 saturated heterocycles. The summed E-state index contributed by atoms with van der Waals surface area (Å²) in [5.74, 6) is 1.45. The summed E-state index contributed by atoms with van der Waals surface area (Å²) in [4.78, 5) is 7.09. The molecule has 1 unspecified atom stereocenters. The predicted octanol–water partition coefficient (Wildman–Crippen LogP) is 2.25. The van der Waals surface area contributed by atoms with Crippen LogP contribution < -0.4 is 10.2 Å². The molecule has 1 aliphatic rings. The summed E-state index contributed by atoms with van der Waals surface area (Å²) in [7, 11) is 0. The van der Waals surface area contributed by atoms with Crippen molar-refractivity contribution >= 4 is 11.6 Å². The average molecular weight is 287 g/mol. The third-order valence-electron chi connectivity index (χ3n) is 4.02. The lowest BCUT2D eigenvalue weighted by Gasteiger charge is -2.26. The first-order valence-electron chi connectivity index (χ1n) is 7.94. The second-order valence-electron chi connectivity index (χ2n) is 6.46. The molecule has 0 bridgehead atoms. The molecule has 3 heterocycles. The molecule has 1 fully saturated rings. The van der Waals surface area contributed by atoms with E-state index in [1.165, 1.54) is 18.4 Å². The first-order valence-corrected chi connectivity index (χ1v) is 7.94. The van der Waals surface area contributed by atoms with E-state index in [2.05, 4.69) is 42.2 Å². The van der Waals surface area contributed by atoms with Gasteiger partial charge in [-0.1, -0.05) is 19.9 Å². The molecule has 114 valence electrons. The van der Waals surface area contributed by atoms with Crippen LogP contribution in [0.4, 0.5) is 5.95 Å². The van der Waals surface area contributed by atoms with Gasteiger partial charge in [0.1, 0.15) is 0 Å². The molecular weight excluding hydrogens is 262 g/mol. The molecule has 5 nitrogen and oxygen atoms in total. The van der Waals surface area contributed by atoms with Crippen molar-refractivity contribution in [3.63, 3.8) is 0 Å². The molecule has 0 saturated carbocycles. The average Bonchev–Trinajstić information content (AvgIpc) is 3.06. The van der Waals surface area contributed by atoms with Crippen LogP contribution in [0.25, 0.3) is 5.65 Å². The number of hydrogen-bond acceptors (Lipinski definition) is 4. The van der Waals surface area contributed by atoms with E-state index < -0.39 is 0 Å². The molecule has 0 aromatic carbocycles. The van der Waals surface area contributed by atoms with Crippen LogP contribution in [0.3, 0.4) is 0 Å². The van der Waals surface area contributed by atoms with Gasteiger partial charge in [0.2, 0.25) is 5.95 Å². The number of rotatable bonds is 5. The highest BCUT2D eigenvalue weighted by molar-refractivity contribution is 5.50. The molecule has 1 aliphatic heterocycles. The molecule has 5 heteroatoms.